The van der Waals surface area contributed by atoms with Crippen LogP contribution in [0.3, 0.4) is 0 Å². The topological polar surface area (TPSA) is 60.0 Å². The van der Waals surface area contributed by atoms with E-state index in [0.29, 0.717) is 18.0 Å². The van der Waals surface area contributed by atoms with Crippen LogP contribution in [0.25, 0.3) is 0 Å². The molecule has 2 atom stereocenters. The molecular formula is C21H41N5O. The van der Waals surface area contributed by atoms with Crippen LogP contribution >= 0.6 is 0 Å². The quantitative estimate of drug-likeness (QED) is 0.502. The number of aliphatic imine (C=N–C) groups is 1. The Labute approximate surface area is 166 Å². The molecule has 1 aliphatic carbocycles. The van der Waals surface area contributed by atoms with Crippen LogP contribution in [0.15, 0.2) is 4.99 Å². The second-order valence-electron chi connectivity index (χ2n) is 8.04. The van der Waals surface area contributed by atoms with Gasteiger partial charge >= 0.3 is 0 Å². The summed E-state index contributed by atoms with van der Waals surface area (Å²) in [6.07, 6.45) is 6.90. The zero-order valence-corrected chi connectivity index (χ0v) is 18.0. The van der Waals surface area contributed by atoms with Crippen LogP contribution in [-0.2, 0) is 4.79 Å². The summed E-state index contributed by atoms with van der Waals surface area (Å²) in [6.45, 7) is 14.2. The van der Waals surface area contributed by atoms with Gasteiger partial charge in [0.25, 0.3) is 0 Å². The van der Waals surface area contributed by atoms with Gasteiger partial charge in [0, 0.05) is 37.6 Å². The average molecular weight is 380 g/mol. The molecule has 0 aromatic rings. The molecule has 0 spiro atoms. The number of likely N-dealkylation sites (N-methyl/N-ethyl adjacent to an activating group) is 1. The number of rotatable bonds is 8. The van der Waals surface area contributed by atoms with Crippen molar-refractivity contribution in [3.05, 3.63) is 0 Å². The van der Waals surface area contributed by atoms with Crippen molar-refractivity contribution < 1.29 is 4.79 Å². The molecule has 2 fully saturated rings. The highest BCUT2D eigenvalue weighted by atomic mass is 16.2. The monoisotopic (exact) mass is 379 g/mol. The van der Waals surface area contributed by atoms with Crippen LogP contribution in [0.1, 0.15) is 66.2 Å². The lowest BCUT2D eigenvalue weighted by molar-refractivity contribution is -0.135. The standard InChI is InChI=1S/C21H41N5O/c1-5-22-21(23-15-17(4)25(6-2)7-3)24-19-13-14-26(16-19)20(27)18-11-9-8-10-12-18/h17-19H,5-16H2,1-4H3,(H2,22,23,24). The Morgan fingerprint density at radius 2 is 1.85 bits per heavy atom. The Bertz CT molecular complexity index is 471. The number of nitrogens with zero attached hydrogens (tertiary/aromatic N) is 3. The van der Waals surface area contributed by atoms with Crippen molar-refractivity contribution in [1.29, 1.82) is 0 Å². The van der Waals surface area contributed by atoms with Crippen LogP contribution < -0.4 is 10.6 Å². The van der Waals surface area contributed by atoms with Gasteiger partial charge in [0.15, 0.2) is 5.96 Å². The maximum Gasteiger partial charge on any atom is 0.225 e. The first-order chi connectivity index (χ1) is 13.1. The summed E-state index contributed by atoms with van der Waals surface area (Å²) in [6, 6.07) is 0.738. The molecule has 156 valence electrons. The lowest BCUT2D eigenvalue weighted by atomic mass is 9.88. The van der Waals surface area contributed by atoms with E-state index >= 15 is 0 Å². The van der Waals surface area contributed by atoms with Gasteiger partial charge in [-0.15, -0.1) is 0 Å². The molecule has 0 aromatic carbocycles. The molecule has 27 heavy (non-hydrogen) atoms. The number of amides is 1. The van der Waals surface area contributed by atoms with Crippen LogP contribution in [0.5, 0.6) is 0 Å². The zero-order valence-electron chi connectivity index (χ0n) is 18.0. The Morgan fingerprint density at radius 1 is 1.15 bits per heavy atom. The summed E-state index contributed by atoms with van der Waals surface area (Å²) >= 11 is 0. The van der Waals surface area contributed by atoms with E-state index in [1.54, 1.807) is 0 Å². The van der Waals surface area contributed by atoms with Gasteiger partial charge in [0.1, 0.15) is 0 Å². The molecule has 0 aromatic heterocycles. The molecular weight excluding hydrogens is 338 g/mol. The van der Waals surface area contributed by atoms with Gasteiger partial charge in [-0.3, -0.25) is 14.7 Å². The van der Waals surface area contributed by atoms with Gasteiger partial charge in [-0.2, -0.15) is 0 Å². The minimum absolute atomic E-state index is 0.273. The Hall–Kier alpha value is -1.30. The summed E-state index contributed by atoms with van der Waals surface area (Å²) < 4.78 is 0. The molecule has 0 bridgehead atoms. The fraction of sp³-hybridized carbons (Fsp3) is 0.905. The van der Waals surface area contributed by atoms with Gasteiger partial charge < -0.3 is 15.5 Å². The number of hydrogen-bond donors (Lipinski definition) is 2. The third-order valence-electron chi connectivity index (χ3n) is 6.09. The number of carbonyl (C=O) groups excluding carboxylic acids is 1. The van der Waals surface area contributed by atoms with Crippen molar-refractivity contribution >= 4 is 11.9 Å². The van der Waals surface area contributed by atoms with E-state index in [0.717, 1.165) is 64.5 Å². The normalized spacial score (nSPS) is 22.9. The molecule has 2 N–H and O–H groups in total. The maximum absolute atomic E-state index is 12.8. The van der Waals surface area contributed by atoms with E-state index in [2.05, 4.69) is 48.1 Å². The highest BCUT2D eigenvalue weighted by Crippen LogP contribution is 2.26. The Morgan fingerprint density at radius 3 is 2.48 bits per heavy atom. The van der Waals surface area contributed by atoms with Crippen molar-refractivity contribution in [3.63, 3.8) is 0 Å². The molecule has 1 aliphatic heterocycles. The second-order valence-corrected chi connectivity index (χ2v) is 8.04. The molecule has 2 rings (SSSR count). The minimum atomic E-state index is 0.273. The molecule has 1 heterocycles. The molecule has 0 radical (unpaired) electrons. The third kappa shape index (κ3) is 6.66. The van der Waals surface area contributed by atoms with Crippen molar-refractivity contribution in [2.45, 2.75) is 78.3 Å². The first-order valence-electron chi connectivity index (χ1n) is 11.2. The predicted molar refractivity (Wildman–Crippen MR) is 113 cm³/mol. The van der Waals surface area contributed by atoms with E-state index in [9.17, 15) is 4.79 Å². The van der Waals surface area contributed by atoms with E-state index in [-0.39, 0.29) is 5.92 Å². The maximum atomic E-state index is 12.8. The molecule has 1 saturated heterocycles. The number of hydrogen-bond acceptors (Lipinski definition) is 3. The average Bonchev–Trinajstić information content (AvgIpc) is 3.16. The van der Waals surface area contributed by atoms with E-state index < -0.39 is 0 Å². The molecule has 1 saturated carbocycles. The van der Waals surface area contributed by atoms with Crippen LogP contribution in [0.4, 0.5) is 0 Å². The molecule has 1 amide bonds. The largest absolute Gasteiger partial charge is 0.357 e. The summed E-state index contributed by atoms with van der Waals surface area (Å²) in [5.74, 6) is 1.54. The van der Waals surface area contributed by atoms with Crippen LogP contribution in [0, 0.1) is 5.92 Å². The van der Waals surface area contributed by atoms with E-state index in [1.807, 2.05) is 0 Å². The lowest BCUT2D eigenvalue weighted by Crippen LogP contribution is -2.46. The van der Waals surface area contributed by atoms with Crippen molar-refractivity contribution in [2.24, 2.45) is 10.9 Å². The fourth-order valence-corrected chi connectivity index (χ4v) is 4.39. The molecule has 2 aliphatic rings. The Kier molecular flexibility index (Phi) is 9.39. The first-order valence-corrected chi connectivity index (χ1v) is 11.2. The third-order valence-corrected chi connectivity index (χ3v) is 6.09. The fourth-order valence-electron chi connectivity index (χ4n) is 4.39. The minimum Gasteiger partial charge on any atom is -0.357 e. The summed E-state index contributed by atoms with van der Waals surface area (Å²) in [5, 5.41) is 6.93. The van der Waals surface area contributed by atoms with Crippen LogP contribution in [-0.4, -0.2) is 73.0 Å². The highest BCUT2D eigenvalue weighted by Gasteiger charge is 2.31. The van der Waals surface area contributed by atoms with Crippen molar-refractivity contribution in [2.75, 3.05) is 39.3 Å². The van der Waals surface area contributed by atoms with Gasteiger partial charge in [-0.1, -0.05) is 33.1 Å². The summed E-state index contributed by atoms with van der Waals surface area (Å²) in [5.41, 5.74) is 0. The van der Waals surface area contributed by atoms with Gasteiger partial charge in [-0.05, 0) is 46.2 Å². The van der Waals surface area contributed by atoms with Gasteiger partial charge in [0.2, 0.25) is 5.91 Å². The van der Waals surface area contributed by atoms with E-state index in [4.69, 9.17) is 4.99 Å². The smallest absolute Gasteiger partial charge is 0.225 e. The van der Waals surface area contributed by atoms with E-state index in [1.165, 1.54) is 19.3 Å². The zero-order chi connectivity index (χ0) is 19.6. The molecule has 2 unspecified atom stereocenters. The second kappa shape index (κ2) is 11.5. The lowest BCUT2D eigenvalue weighted by Gasteiger charge is -2.27. The Balaban J connectivity index is 1.85. The predicted octanol–water partition coefficient (Wildman–Crippen LogP) is 2.45. The number of carbonyl (C=O) groups is 1. The molecule has 6 nitrogen and oxygen atoms in total. The van der Waals surface area contributed by atoms with Gasteiger partial charge in [0.05, 0.1) is 6.54 Å². The summed E-state index contributed by atoms with van der Waals surface area (Å²) in [7, 11) is 0. The SMILES string of the molecule is CCNC(=NCC(C)N(CC)CC)NC1CCN(C(=O)C2CCCCC2)C1. The van der Waals surface area contributed by atoms with Gasteiger partial charge in [-0.25, -0.2) is 0 Å². The number of guanidine groups is 1. The highest BCUT2D eigenvalue weighted by molar-refractivity contribution is 5.81. The first kappa shape index (κ1) is 22.0. The number of nitrogens with one attached hydrogen (secondary N) is 2. The summed E-state index contributed by atoms with van der Waals surface area (Å²) in [4.78, 5) is 22.1. The van der Waals surface area contributed by atoms with Crippen molar-refractivity contribution in [1.82, 2.24) is 20.4 Å². The van der Waals surface area contributed by atoms with Crippen molar-refractivity contribution in [3.8, 4) is 0 Å². The molecule has 6 heteroatoms. The number of likely N-dealkylation sites (tertiary alicyclic amines) is 1. The van der Waals surface area contributed by atoms with Crippen LogP contribution in [0.2, 0.25) is 0 Å².